The first-order valence-corrected chi connectivity index (χ1v) is 18.2. The van der Waals surface area contributed by atoms with Crippen molar-refractivity contribution in [2.75, 3.05) is 20.1 Å². The van der Waals surface area contributed by atoms with E-state index in [9.17, 15) is 33.0 Å². The van der Waals surface area contributed by atoms with Crippen molar-refractivity contribution in [3.63, 3.8) is 0 Å². The third-order valence-electron chi connectivity index (χ3n) is 10.3. The van der Waals surface area contributed by atoms with E-state index in [1.807, 2.05) is 117 Å². The molecule has 6 atom stereocenters. The van der Waals surface area contributed by atoms with Gasteiger partial charge in [-0.25, -0.2) is 0 Å². The van der Waals surface area contributed by atoms with Crippen LogP contribution in [0, 0.1) is 0 Å². The monoisotopic (exact) mass is 745 g/mol. The van der Waals surface area contributed by atoms with Gasteiger partial charge in [-0.3, -0.25) is 14.5 Å². The van der Waals surface area contributed by atoms with Crippen LogP contribution in [0.5, 0.6) is 0 Å². The Bertz CT molecular complexity index is 1880. The number of aliphatic hydroxyl groups excluding tert-OH is 2. The summed E-state index contributed by atoms with van der Waals surface area (Å²) in [4.78, 5) is 27.5. The first-order valence-electron chi connectivity index (χ1n) is 18.2. The number of hydrogen-bond acceptors (Lipinski definition) is 7. The van der Waals surface area contributed by atoms with E-state index in [1.165, 1.54) is 0 Å². The van der Waals surface area contributed by atoms with Gasteiger partial charge >= 0.3 is 12.1 Å². The Balaban J connectivity index is 1.17. The van der Waals surface area contributed by atoms with Crippen LogP contribution in [0.4, 0.5) is 13.2 Å². The summed E-state index contributed by atoms with van der Waals surface area (Å²) in [5.74, 6) is -2.61. The molecule has 0 bridgehead atoms. The van der Waals surface area contributed by atoms with Crippen molar-refractivity contribution in [2.45, 2.75) is 82.2 Å². The minimum Gasteiger partial charge on any atom is -0.392 e. The lowest BCUT2D eigenvalue weighted by Crippen LogP contribution is -2.50. The Morgan fingerprint density at radius 2 is 1.61 bits per heavy atom. The van der Waals surface area contributed by atoms with Gasteiger partial charge in [0.1, 0.15) is 6.04 Å². The number of likely N-dealkylation sites (N-methyl/N-ethyl adjacent to an activating group) is 1. The summed E-state index contributed by atoms with van der Waals surface area (Å²) in [6, 6.07) is 31.2. The number of alkyl halides is 3. The van der Waals surface area contributed by atoms with Crippen LogP contribution in [0.3, 0.4) is 0 Å². The highest BCUT2D eigenvalue weighted by molar-refractivity contribution is 5.90. The second-order valence-electron chi connectivity index (χ2n) is 14.1. The Morgan fingerprint density at radius 3 is 2.31 bits per heavy atom. The predicted octanol–water partition coefficient (Wildman–Crippen LogP) is 6.61. The molecule has 4 aromatic rings. The normalized spacial score (nSPS) is 21.5. The molecule has 9 nitrogen and oxygen atoms in total. The zero-order valence-electron chi connectivity index (χ0n) is 30.3. The molecule has 12 heteroatoms. The van der Waals surface area contributed by atoms with Gasteiger partial charge in [0.2, 0.25) is 5.91 Å². The second kappa shape index (κ2) is 17.3. The molecule has 2 saturated heterocycles. The van der Waals surface area contributed by atoms with Crippen molar-refractivity contribution < 1.29 is 42.4 Å². The third-order valence-corrected chi connectivity index (χ3v) is 10.3. The number of amides is 2. The lowest BCUT2D eigenvalue weighted by atomic mass is 9.97. The van der Waals surface area contributed by atoms with Crippen LogP contribution in [-0.2, 0) is 32.2 Å². The first-order chi connectivity index (χ1) is 25.9. The maximum absolute atomic E-state index is 13.1. The highest BCUT2D eigenvalue weighted by Crippen LogP contribution is 2.39. The van der Waals surface area contributed by atoms with Gasteiger partial charge in [0, 0.05) is 37.7 Å². The van der Waals surface area contributed by atoms with Gasteiger partial charge < -0.3 is 29.9 Å². The summed E-state index contributed by atoms with van der Waals surface area (Å²) in [6.45, 7) is 2.43. The highest BCUT2D eigenvalue weighted by Gasteiger charge is 2.47. The number of halogens is 3. The Morgan fingerprint density at radius 1 is 0.907 bits per heavy atom. The molecule has 0 radical (unpaired) electrons. The summed E-state index contributed by atoms with van der Waals surface area (Å²) in [7, 11) is 1.97. The molecule has 0 aromatic heterocycles. The molecule has 0 saturated carbocycles. The average molecular weight is 746 g/mol. The fourth-order valence-corrected chi connectivity index (χ4v) is 7.17. The number of nitrogens with one attached hydrogen (secondary N) is 1. The molecule has 54 heavy (non-hydrogen) atoms. The Hall–Kier alpha value is -4.59. The number of carbonyl (C=O) groups excluding carboxylic acids is 2. The highest BCUT2D eigenvalue weighted by atomic mass is 19.4. The Labute approximate surface area is 313 Å². The number of hydrogen-bond donors (Lipinski definition) is 3. The topological polar surface area (TPSA) is 112 Å². The summed E-state index contributed by atoms with van der Waals surface area (Å²) in [6.07, 6.45) is -5.92. The van der Waals surface area contributed by atoms with E-state index in [-0.39, 0.29) is 44.4 Å². The standard InChI is InChI=1S/C42H46F3N3O6/c1-27(38(50)31-10-4-3-5-11-31)47(2)25-35-23-37(30-18-16-28(26-49)17-19-30)54-40(53-35)34-14-7-13-33(22-34)32-12-6-9-29(21-32)24-46-39(51)36-15-8-20-48(36)41(52)42(43,44)45/h3-7,9-14,16-19,21-22,27,35-38,40,49-50H,8,15,20,23-26H2,1-2H3,(H,46,51)/t27-,35+,36+,37-,38-,40-/m1/s1. The Kier molecular flexibility index (Phi) is 12.5. The van der Waals surface area contributed by atoms with Crippen molar-refractivity contribution in [3.05, 3.63) is 131 Å². The molecule has 0 aliphatic carbocycles. The smallest absolute Gasteiger partial charge is 0.392 e. The second-order valence-corrected chi connectivity index (χ2v) is 14.1. The van der Waals surface area contributed by atoms with Crippen LogP contribution in [-0.4, -0.2) is 76.3 Å². The van der Waals surface area contributed by atoms with Gasteiger partial charge in [-0.05, 0) is 72.3 Å². The van der Waals surface area contributed by atoms with Crippen molar-refractivity contribution in [1.82, 2.24) is 15.1 Å². The molecule has 0 unspecified atom stereocenters. The van der Waals surface area contributed by atoms with E-state index >= 15 is 0 Å². The van der Waals surface area contributed by atoms with E-state index in [4.69, 9.17) is 9.47 Å². The minimum absolute atomic E-state index is 0.0605. The fraction of sp³-hybridized carbons (Fsp3) is 0.381. The number of nitrogens with zero attached hydrogens (tertiary/aromatic N) is 2. The van der Waals surface area contributed by atoms with E-state index < -0.39 is 36.4 Å². The molecule has 4 aromatic carbocycles. The first kappa shape index (κ1) is 39.1. The maximum atomic E-state index is 13.1. The van der Waals surface area contributed by atoms with Crippen molar-refractivity contribution >= 4 is 11.8 Å². The number of rotatable bonds is 12. The van der Waals surface area contributed by atoms with Crippen molar-refractivity contribution in [1.29, 1.82) is 0 Å². The SMILES string of the molecule is C[C@H]([C@@H](O)c1ccccc1)N(C)C[C@@H]1C[C@H](c2ccc(CO)cc2)O[C@H](c2cccc(-c3cccc(CNC(=O)[C@@H]4CCCN4C(=O)C(F)(F)F)c3)c2)O1. The number of benzene rings is 4. The lowest BCUT2D eigenvalue weighted by Gasteiger charge is -2.39. The molecule has 2 aliphatic heterocycles. The maximum Gasteiger partial charge on any atom is 0.471 e. The van der Waals surface area contributed by atoms with Gasteiger partial charge in [0.05, 0.1) is 24.9 Å². The largest absolute Gasteiger partial charge is 0.471 e. The molecular formula is C42H46F3N3O6. The fourth-order valence-electron chi connectivity index (χ4n) is 7.17. The summed E-state index contributed by atoms with van der Waals surface area (Å²) < 4.78 is 52.5. The van der Waals surface area contributed by atoms with Gasteiger partial charge in [-0.2, -0.15) is 13.2 Å². The molecule has 6 rings (SSSR count). The molecular weight excluding hydrogens is 699 g/mol. The van der Waals surface area contributed by atoms with Gasteiger partial charge in [-0.15, -0.1) is 0 Å². The van der Waals surface area contributed by atoms with Crippen LogP contribution in [0.15, 0.2) is 103 Å². The van der Waals surface area contributed by atoms with Crippen molar-refractivity contribution in [2.24, 2.45) is 0 Å². The van der Waals surface area contributed by atoms with Crippen molar-refractivity contribution in [3.8, 4) is 11.1 Å². The van der Waals surface area contributed by atoms with Gasteiger partial charge in [-0.1, -0.05) is 91.0 Å². The molecule has 2 aliphatic rings. The summed E-state index contributed by atoms with van der Waals surface area (Å²) >= 11 is 0. The number of likely N-dealkylation sites (tertiary alicyclic amines) is 1. The zero-order chi connectivity index (χ0) is 38.4. The number of ether oxygens (including phenoxy) is 2. The molecule has 0 spiro atoms. The van der Waals surface area contributed by atoms with E-state index in [2.05, 4.69) is 10.2 Å². The molecule has 2 amide bonds. The zero-order valence-corrected chi connectivity index (χ0v) is 30.3. The lowest BCUT2D eigenvalue weighted by molar-refractivity contribution is -0.253. The van der Waals surface area contributed by atoms with Crippen LogP contribution in [0.1, 0.15) is 72.5 Å². The molecule has 2 heterocycles. The third kappa shape index (κ3) is 9.37. The molecule has 3 N–H and O–H groups in total. The quantitative estimate of drug-likeness (QED) is 0.150. The number of aliphatic hydroxyl groups is 2. The molecule has 286 valence electrons. The van der Waals surface area contributed by atoms with Gasteiger partial charge in [0.15, 0.2) is 6.29 Å². The van der Waals surface area contributed by atoms with E-state index in [0.717, 1.165) is 38.9 Å². The molecule has 2 fully saturated rings. The number of carbonyl (C=O) groups is 2. The van der Waals surface area contributed by atoms with E-state index in [0.29, 0.717) is 24.3 Å². The summed E-state index contributed by atoms with van der Waals surface area (Å²) in [5.41, 5.74) is 5.85. The van der Waals surface area contributed by atoms with E-state index in [1.54, 1.807) is 0 Å². The van der Waals surface area contributed by atoms with Crippen LogP contribution >= 0.6 is 0 Å². The average Bonchev–Trinajstić information content (AvgIpc) is 3.69. The minimum atomic E-state index is -5.03. The predicted molar refractivity (Wildman–Crippen MR) is 196 cm³/mol. The van der Waals surface area contributed by atoms with Gasteiger partial charge in [0.25, 0.3) is 0 Å². The van der Waals surface area contributed by atoms with Crippen LogP contribution in [0.25, 0.3) is 11.1 Å². The van der Waals surface area contributed by atoms with Crippen LogP contribution < -0.4 is 5.32 Å². The van der Waals surface area contributed by atoms with Crippen LogP contribution in [0.2, 0.25) is 0 Å². The summed E-state index contributed by atoms with van der Waals surface area (Å²) in [5, 5.41) is 23.4.